The first-order valence-corrected chi connectivity index (χ1v) is 7.17. The summed E-state index contributed by atoms with van der Waals surface area (Å²) < 4.78 is 5.68. The van der Waals surface area contributed by atoms with Crippen LogP contribution in [0, 0.1) is 5.92 Å². The van der Waals surface area contributed by atoms with Gasteiger partial charge in [0.1, 0.15) is 12.4 Å². The van der Waals surface area contributed by atoms with E-state index in [-0.39, 0.29) is 0 Å². The monoisotopic (exact) mass is 264 g/mol. The fourth-order valence-electron chi connectivity index (χ4n) is 1.75. The highest BCUT2D eigenvalue weighted by atomic mass is 16.5. The van der Waals surface area contributed by atoms with Gasteiger partial charge in [0.05, 0.1) is 0 Å². The Labute approximate surface area is 118 Å². The minimum Gasteiger partial charge on any atom is -0.492 e. The molecule has 3 heteroatoms. The van der Waals surface area contributed by atoms with Gasteiger partial charge in [-0.1, -0.05) is 20.3 Å². The molecule has 0 aliphatic rings. The number of ether oxygens (including phenoxy) is 1. The van der Waals surface area contributed by atoms with Crippen molar-refractivity contribution < 1.29 is 4.74 Å². The summed E-state index contributed by atoms with van der Waals surface area (Å²) in [4.78, 5) is 2.11. The maximum atomic E-state index is 5.68. The van der Waals surface area contributed by atoms with Crippen LogP contribution in [0.4, 0.5) is 5.69 Å². The van der Waals surface area contributed by atoms with Crippen LogP contribution in [0.5, 0.6) is 5.75 Å². The highest BCUT2D eigenvalue weighted by molar-refractivity contribution is 5.47. The smallest absolute Gasteiger partial charge is 0.119 e. The van der Waals surface area contributed by atoms with Gasteiger partial charge in [-0.3, -0.25) is 0 Å². The zero-order chi connectivity index (χ0) is 14.3. The van der Waals surface area contributed by atoms with Crippen molar-refractivity contribution in [3.8, 4) is 5.75 Å². The molecule has 19 heavy (non-hydrogen) atoms. The number of benzene rings is 1. The fraction of sp³-hybridized carbons (Fsp3) is 0.625. The van der Waals surface area contributed by atoms with Gasteiger partial charge < -0.3 is 15.0 Å². The maximum Gasteiger partial charge on any atom is 0.119 e. The van der Waals surface area contributed by atoms with Gasteiger partial charge in [0, 0.05) is 18.3 Å². The van der Waals surface area contributed by atoms with Crippen LogP contribution in [-0.2, 0) is 0 Å². The first kappa shape index (κ1) is 15.8. The third-order valence-electron chi connectivity index (χ3n) is 3.55. The van der Waals surface area contributed by atoms with E-state index < -0.39 is 0 Å². The Kier molecular flexibility index (Phi) is 6.71. The molecule has 2 atom stereocenters. The van der Waals surface area contributed by atoms with Crippen molar-refractivity contribution in [2.24, 2.45) is 5.92 Å². The van der Waals surface area contributed by atoms with E-state index in [4.69, 9.17) is 4.74 Å². The Bertz CT molecular complexity index is 348. The average molecular weight is 264 g/mol. The van der Waals surface area contributed by atoms with Crippen LogP contribution in [0.2, 0.25) is 0 Å². The number of likely N-dealkylation sites (N-methyl/N-ethyl adjacent to an activating group) is 1. The fourth-order valence-corrected chi connectivity index (χ4v) is 1.75. The molecule has 1 aromatic carbocycles. The Morgan fingerprint density at radius 1 is 1.16 bits per heavy atom. The molecule has 0 aromatic heterocycles. The van der Waals surface area contributed by atoms with Crippen LogP contribution >= 0.6 is 0 Å². The lowest BCUT2D eigenvalue weighted by molar-refractivity contribution is 0.261. The Hall–Kier alpha value is -1.22. The van der Waals surface area contributed by atoms with Crippen LogP contribution in [0.25, 0.3) is 0 Å². The predicted molar refractivity (Wildman–Crippen MR) is 83.0 cm³/mol. The second-order valence-electron chi connectivity index (χ2n) is 5.49. The van der Waals surface area contributed by atoms with Crippen LogP contribution in [0.15, 0.2) is 24.3 Å². The van der Waals surface area contributed by atoms with E-state index in [1.54, 1.807) is 0 Å². The molecular weight excluding hydrogens is 236 g/mol. The molecule has 0 radical (unpaired) electrons. The summed E-state index contributed by atoms with van der Waals surface area (Å²) in [6.07, 6.45) is 1.19. The number of hydrogen-bond acceptors (Lipinski definition) is 3. The minimum atomic E-state index is 0.491. The lowest BCUT2D eigenvalue weighted by Crippen LogP contribution is -2.23. The molecule has 1 aromatic rings. The Morgan fingerprint density at radius 3 is 2.32 bits per heavy atom. The molecule has 108 valence electrons. The zero-order valence-corrected chi connectivity index (χ0v) is 12.9. The first-order valence-electron chi connectivity index (χ1n) is 7.17. The van der Waals surface area contributed by atoms with E-state index in [0.717, 1.165) is 24.6 Å². The summed E-state index contributed by atoms with van der Waals surface area (Å²) in [5.74, 6) is 1.61. The molecular formula is C16H28N2O. The molecule has 0 saturated heterocycles. The van der Waals surface area contributed by atoms with Gasteiger partial charge in [0.15, 0.2) is 0 Å². The SMILES string of the molecule is CCC(C)C(C)Nc1ccc(OCCN(C)C)cc1. The lowest BCUT2D eigenvalue weighted by atomic mass is 10.0. The third-order valence-corrected chi connectivity index (χ3v) is 3.55. The standard InChI is InChI=1S/C16H28N2O/c1-6-13(2)14(3)17-15-7-9-16(10-8-15)19-12-11-18(4)5/h7-10,13-14,17H,6,11-12H2,1-5H3. The van der Waals surface area contributed by atoms with Crippen molar-refractivity contribution >= 4 is 5.69 Å². The summed E-state index contributed by atoms with van der Waals surface area (Å²) >= 11 is 0. The van der Waals surface area contributed by atoms with Crippen molar-refractivity contribution in [1.82, 2.24) is 4.90 Å². The Balaban J connectivity index is 2.43. The van der Waals surface area contributed by atoms with Gasteiger partial charge in [0.25, 0.3) is 0 Å². The van der Waals surface area contributed by atoms with Crippen LogP contribution < -0.4 is 10.1 Å². The van der Waals surface area contributed by atoms with Gasteiger partial charge in [0.2, 0.25) is 0 Å². The number of hydrogen-bond donors (Lipinski definition) is 1. The van der Waals surface area contributed by atoms with Crippen molar-refractivity contribution in [2.75, 3.05) is 32.6 Å². The van der Waals surface area contributed by atoms with Gasteiger partial charge in [-0.25, -0.2) is 0 Å². The van der Waals surface area contributed by atoms with E-state index in [0.29, 0.717) is 12.0 Å². The van der Waals surface area contributed by atoms with E-state index in [1.165, 1.54) is 6.42 Å². The first-order chi connectivity index (χ1) is 9.02. The van der Waals surface area contributed by atoms with E-state index >= 15 is 0 Å². The highest BCUT2D eigenvalue weighted by Gasteiger charge is 2.09. The summed E-state index contributed by atoms with van der Waals surface area (Å²) in [7, 11) is 4.10. The minimum absolute atomic E-state index is 0.491. The molecule has 0 spiro atoms. The summed E-state index contributed by atoms with van der Waals surface area (Å²) in [6.45, 7) is 8.39. The van der Waals surface area contributed by atoms with E-state index in [1.807, 2.05) is 26.2 Å². The van der Waals surface area contributed by atoms with Crippen molar-refractivity contribution in [3.63, 3.8) is 0 Å². The van der Waals surface area contributed by atoms with E-state index in [9.17, 15) is 0 Å². The Morgan fingerprint density at radius 2 is 1.79 bits per heavy atom. The van der Waals surface area contributed by atoms with Gasteiger partial charge in [-0.2, -0.15) is 0 Å². The molecule has 2 unspecified atom stereocenters. The van der Waals surface area contributed by atoms with Gasteiger partial charge in [-0.05, 0) is 51.2 Å². The second-order valence-corrected chi connectivity index (χ2v) is 5.49. The molecule has 0 bridgehead atoms. The maximum absolute atomic E-state index is 5.68. The summed E-state index contributed by atoms with van der Waals surface area (Å²) in [5, 5.41) is 3.53. The quantitative estimate of drug-likeness (QED) is 0.778. The molecule has 1 rings (SSSR count). The number of anilines is 1. The highest BCUT2D eigenvalue weighted by Crippen LogP contribution is 2.18. The van der Waals surface area contributed by atoms with Crippen LogP contribution in [-0.4, -0.2) is 38.2 Å². The number of nitrogens with zero attached hydrogens (tertiary/aromatic N) is 1. The molecule has 3 nitrogen and oxygen atoms in total. The van der Waals surface area contributed by atoms with E-state index in [2.05, 4.69) is 43.1 Å². The summed E-state index contributed by atoms with van der Waals surface area (Å²) in [5.41, 5.74) is 1.16. The normalized spacial score (nSPS) is 14.2. The number of nitrogens with one attached hydrogen (secondary N) is 1. The lowest BCUT2D eigenvalue weighted by Gasteiger charge is -2.21. The number of rotatable bonds is 8. The predicted octanol–water partition coefficient (Wildman–Crippen LogP) is 3.47. The molecule has 0 aliphatic carbocycles. The topological polar surface area (TPSA) is 24.5 Å². The molecule has 0 saturated carbocycles. The summed E-state index contributed by atoms with van der Waals surface area (Å²) in [6, 6.07) is 8.72. The van der Waals surface area contributed by atoms with Crippen molar-refractivity contribution in [1.29, 1.82) is 0 Å². The molecule has 0 fully saturated rings. The zero-order valence-electron chi connectivity index (χ0n) is 12.9. The van der Waals surface area contributed by atoms with Crippen LogP contribution in [0.1, 0.15) is 27.2 Å². The average Bonchev–Trinajstić information content (AvgIpc) is 2.39. The molecule has 0 heterocycles. The molecule has 0 amide bonds. The van der Waals surface area contributed by atoms with Gasteiger partial charge in [-0.15, -0.1) is 0 Å². The van der Waals surface area contributed by atoms with Crippen LogP contribution in [0.3, 0.4) is 0 Å². The second kappa shape index (κ2) is 8.05. The largest absolute Gasteiger partial charge is 0.492 e. The van der Waals surface area contributed by atoms with Gasteiger partial charge >= 0.3 is 0 Å². The van der Waals surface area contributed by atoms with Crippen molar-refractivity contribution in [3.05, 3.63) is 24.3 Å². The molecule has 1 N–H and O–H groups in total. The molecule has 0 aliphatic heterocycles. The third kappa shape index (κ3) is 5.97. The van der Waals surface area contributed by atoms with Crippen molar-refractivity contribution in [2.45, 2.75) is 33.2 Å².